The molecule has 5 aromatic rings. The fourth-order valence-electron chi connectivity index (χ4n) is 3.16. The first-order valence-electron chi connectivity index (χ1n) is 9.97. The van der Waals surface area contributed by atoms with Crippen LogP contribution in [0.4, 0.5) is 0 Å². The monoisotopic (exact) mass is 702 g/mol. The second-order valence-electron chi connectivity index (χ2n) is 7.16. The summed E-state index contributed by atoms with van der Waals surface area (Å²) < 4.78 is 2.70. The van der Waals surface area contributed by atoms with E-state index in [4.69, 9.17) is 0 Å². The average Bonchev–Trinajstić information content (AvgIpc) is 3.33. The molecule has 0 aliphatic rings. The third-order valence-electron chi connectivity index (χ3n) is 4.50. The van der Waals surface area contributed by atoms with Crippen LogP contribution in [-0.4, -0.2) is 22.7 Å². The van der Waals surface area contributed by atoms with Crippen molar-refractivity contribution in [3.63, 3.8) is 0 Å². The lowest BCUT2D eigenvalue weighted by Gasteiger charge is -2.04. The van der Waals surface area contributed by atoms with Crippen molar-refractivity contribution in [3.05, 3.63) is 99.5 Å². The number of fused-ring (bicyclic) bond motifs is 2. The van der Waals surface area contributed by atoms with Gasteiger partial charge in [-0.25, -0.2) is 9.59 Å². The van der Waals surface area contributed by atoms with E-state index in [1.54, 1.807) is 6.07 Å². The molecule has 0 spiro atoms. The molecule has 0 amide bonds. The van der Waals surface area contributed by atoms with Crippen LogP contribution >= 0.6 is 69.9 Å². The minimum Gasteiger partial charge on any atom is -0.306 e. The zero-order valence-electron chi connectivity index (χ0n) is 18.4. The van der Waals surface area contributed by atoms with E-state index in [9.17, 15) is 19.2 Å². The summed E-state index contributed by atoms with van der Waals surface area (Å²) >= 11 is 12.1. The van der Waals surface area contributed by atoms with E-state index in [1.807, 2.05) is 50.2 Å². The smallest absolute Gasteiger partial charge is 0.306 e. The number of rotatable bonds is 2. The number of aromatic amines is 3. The molecule has 0 atom stereocenters. The largest absolute Gasteiger partial charge is 0.369 e. The topological polar surface area (TPSA) is 121 Å². The van der Waals surface area contributed by atoms with Crippen molar-refractivity contribution < 1.29 is 0 Å². The van der Waals surface area contributed by atoms with Crippen LogP contribution in [0.25, 0.3) is 20.4 Å². The second kappa shape index (κ2) is 12.3. The van der Waals surface area contributed by atoms with Gasteiger partial charge in [0.25, 0.3) is 11.1 Å². The number of hydrogen-bond donors (Lipinski definition) is 3. The summed E-state index contributed by atoms with van der Waals surface area (Å²) in [5.41, 5.74) is 0.827. The van der Waals surface area contributed by atoms with E-state index < -0.39 is 5.69 Å². The molecule has 0 saturated heterocycles. The Morgan fingerprint density at radius 1 is 0.829 bits per heavy atom. The van der Waals surface area contributed by atoms with Crippen LogP contribution in [0.1, 0.15) is 15.3 Å². The normalized spacial score (nSPS) is 10.4. The standard InChI is InChI=1S/C14H12N2O2S.C7H6N2O2S.BBr3/c1-9-7-11-12(19-9)13(17)16(14(18)15-11)8-10-5-3-2-4-6-10;1-3-2-4-5(12-3)6(10)9-7(11)8-4;2-1(3)4/h2-7H,8H2,1H3,(H,15,18);2H,1H3,(H2,8,9,10,11);. The zero-order valence-corrected chi connectivity index (χ0v) is 24.7. The lowest BCUT2D eigenvalue weighted by molar-refractivity contribution is 0.713. The molecule has 5 rings (SSSR count). The molecule has 8 nitrogen and oxygen atoms in total. The summed E-state index contributed by atoms with van der Waals surface area (Å²) in [7, 11) is 0. The molecular formula is C21H18BBr3N4O4S2. The van der Waals surface area contributed by atoms with Gasteiger partial charge in [-0.2, -0.15) is 0 Å². The van der Waals surface area contributed by atoms with Gasteiger partial charge in [-0.3, -0.25) is 19.1 Å². The Balaban J connectivity index is 0.000000183. The highest BCUT2D eigenvalue weighted by Crippen LogP contribution is 2.19. The van der Waals surface area contributed by atoms with Gasteiger partial charge in [0.2, 0.25) is 0 Å². The molecule has 4 aromatic heterocycles. The predicted octanol–water partition coefficient (Wildman–Crippen LogP) is 4.85. The molecule has 0 saturated carbocycles. The molecule has 0 unspecified atom stereocenters. The third kappa shape index (κ3) is 7.49. The minimum absolute atomic E-state index is 0.222. The van der Waals surface area contributed by atoms with Gasteiger partial charge in [0.05, 0.1) is 17.6 Å². The summed E-state index contributed by atoms with van der Waals surface area (Å²) in [5, 5.41) is 0. The molecule has 14 heteroatoms. The molecule has 4 heterocycles. The number of benzene rings is 1. The van der Waals surface area contributed by atoms with Crippen molar-refractivity contribution in [2.24, 2.45) is 0 Å². The first kappa shape index (κ1) is 27.6. The van der Waals surface area contributed by atoms with Crippen LogP contribution in [0.3, 0.4) is 0 Å². The third-order valence-corrected chi connectivity index (χ3v) is 6.59. The Labute approximate surface area is 231 Å². The number of hydrogen-bond acceptors (Lipinski definition) is 6. The van der Waals surface area contributed by atoms with Gasteiger partial charge in [0, 0.05) is 9.75 Å². The SMILES string of the molecule is BrB(Br)Br.Cc1cc2[nH]c(=O)[nH]c(=O)c2s1.Cc1cc2[nH]c(=O)n(Cc3ccccc3)c(=O)c2s1. The lowest BCUT2D eigenvalue weighted by atomic mass is 10.2. The highest BCUT2D eigenvalue weighted by molar-refractivity contribution is 9.69. The first-order chi connectivity index (χ1) is 16.5. The Morgan fingerprint density at radius 3 is 1.97 bits per heavy atom. The Morgan fingerprint density at radius 2 is 1.37 bits per heavy atom. The maximum atomic E-state index is 12.3. The van der Waals surface area contributed by atoms with Gasteiger partial charge >= 0.3 is 14.6 Å². The fourth-order valence-corrected chi connectivity index (χ4v) is 4.94. The number of thiophene rings is 2. The number of nitrogens with one attached hydrogen (secondary N) is 3. The van der Waals surface area contributed by atoms with Gasteiger partial charge in [-0.15, -0.1) is 69.9 Å². The molecule has 3 N–H and O–H groups in total. The minimum atomic E-state index is -0.453. The molecule has 0 aliphatic carbocycles. The average molecular weight is 705 g/mol. The first-order valence-corrected chi connectivity index (χ1v) is 14.4. The highest BCUT2D eigenvalue weighted by atomic mass is 79.9. The predicted molar refractivity (Wildman–Crippen MR) is 157 cm³/mol. The van der Waals surface area contributed by atoms with Crippen LogP contribution in [0.2, 0.25) is 0 Å². The Hall–Kier alpha value is -2.00. The number of halogens is 3. The van der Waals surface area contributed by atoms with Crippen molar-refractivity contribution in [1.82, 2.24) is 19.5 Å². The second-order valence-corrected chi connectivity index (χ2v) is 16.1. The molecule has 0 aliphatic heterocycles. The van der Waals surface area contributed by atoms with Crippen LogP contribution in [0.5, 0.6) is 0 Å². The maximum absolute atomic E-state index is 12.3. The number of aromatic nitrogens is 4. The van der Waals surface area contributed by atoms with Gasteiger partial charge in [-0.1, -0.05) is 30.3 Å². The van der Waals surface area contributed by atoms with Crippen LogP contribution < -0.4 is 22.5 Å². The molecular weight excluding hydrogens is 687 g/mol. The van der Waals surface area contributed by atoms with E-state index >= 15 is 0 Å². The molecule has 1 aromatic carbocycles. The summed E-state index contributed by atoms with van der Waals surface area (Å²) in [4.78, 5) is 55.8. The fraction of sp³-hybridized carbons (Fsp3) is 0.143. The van der Waals surface area contributed by atoms with Gasteiger partial charge < -0.3 is 9.97 Å². The van der Waals surface area contributed by atoms with E-state index in [-0.39, 0.29) is 20.0 Å². The Bertz CT molecular complexity index is 1680. The molecule has 35 heavy (non-hydrogen) atoms. The molecule has 0 fully saturated rings. The van der Waals surface area contributed by atoms with Crippen LogP contribution in [0.15, 0.2) is 61.6 Å². The van der Waals surface area contributed by atoms with Gasteiger partial charge in [0.1, 0.15) is 9.40 Å². The van der Waals surface area contributed by atoms with Crippen molar-refractivity contribution in [2.45, 2.75) is 20.4 Å². The van der Waals surface area contributed by atoms with Gasteiger partial charge in [-0.05, 0) is 31.5 Å². The lowest BCUT2D eigenvalue weighted by Crippen LogP contribution is -2.34. The highest BCUT2D eigenvalue weighted by Gasteiger charge is 2.10. The van der Waals surface area contributed by atoms with Crippen molar-refractivity contribution in [1.29, 1.82) is 0 Å². The number of aryl methyl sites for hydroxylation is 2. The van der Waals surface area contributed by atoms with E-state index in [1.165, 1.54) is 27.2 Å². The van der Waals surface area contributed by atoms with Crippen LogP contribution in [-0.2, 0) is 6.54 Å². The van der Waals surface area contributed by atoms with Crippen molar-refractivity contribution in [2.75, 3.05) is 0 Å². The summed E-state index contributed by atoms with van der Waals surface area (Å²) in [6, 6.07) is 13.1. The summed E-state index contributed by atoms with van der Waals surface area (Å²) in [5.74, 6) is 0. The zero-order chi connectivity index (χ0) is 25.7. The van der Waals surface area contributed by atoms with Crippen LogP contribution in [0, 0.1) is 13.8 Å². The van der Waals surface area contributed by atoms with E-state index in [2.05, 4.69) is 62.2 Å². The number of nitrogens with zero attached hydrogens (tertiary/aromatic N) is 1. The van der Waals surface area contributed by atoms with Crippen molar-refractivity contribution >= 4 is 93.6 Å². The molecule has 182 valence electrons. The number of H-pyrrole nitrogens is 3. The maximum Gasteiger partial charge on any atom is 0.369 e. The van der Waals surface area contributed by atoms with E-state index in [0.29, 0.717) is 27.0 Å². The molecule has 0 radical (unpaired) electrons. The quantitative estimate of drug-likeness (QED) is 0.228. The summed E-state index contributed by atoms with van der Waals surface area (Å²) in [6.07, 6.45) is 0. The van der Waals surface area contributed by atoms with Gasteiger partial charge in [0.15, 0.2) is 0 Å². The summed E-state index contributed by atoms with van der Waals surface area (Å²) in [6.45, 7) is 4.11. The molecule has 0 bridgehead atoms. The van der Waals surface area contributed by atoms with E-state index in [0.717, 1.165) is 15.3 Å². The van der Waals surface area contributed by atoms with Crippen molar-refractivity contribution in [3.8, 4) is 0 Å². The Kier molecular flexibility index (Phi) is 9.70.